The maximum absolute atomic E-state index is 14.8. The van der Waals surface area contributed by atoms with Crippen molar-refractivity contribution in [2.75, 3.05) is 0 Å². The van der Waals surface area contributed by atoms with E-state index in [4.69, 9.17) is 11.6 Å². The van der Waals surface area contributed by atoms with E-state index in [1.54, 1.807) is 0 Å². The van der Waals surface area contributed by atoms with Crippen LogP contribution in [0.25, 0.3) is 0 Å². The van der Waals surface area contributed by atoms with Crippen LogP contribution < -0.4 is 5.32 Å². The molecule has 0 radical (unpaired) electrons. The molecule has 0 saturated heterocycles. The predicted molar refractivity (Wildman–Crippen MR) is 93.2 cm³/mol. The molecule has 0 aromatic heterocycles. The Bertz CT molecular complexity index is 679. The molecule has 0 heterocycles. The van der Waals surface area contributed by atoms with Gasteiger partial charge in [-0.2, -0.15) is 0 Å². The molecule has 1 amide bonds. The summed E-state index contributed by atoms with van der Waals surface area (Å²) >= 11 is 5.94. The summed E-state index contributed by atoms with van der Waals surface area (Å²) in [5.74, 6) is -0.781. The first-order valence-corrected chi connectivity index (χ1v) is 9.82. The zero-order chi connectivity index (χ0) is 17.6. The van der Waals surface area contributed by atoms with Crippen LogP contribution in [-0.2, 0) is 4.79 Å². The summed E-state index contributed by atoms with van der Waals surface area (Å²) in [5.41, 5.74) is -0.271. The fraction of sp³-hybridized carbons (Fsp3) is 0.650. The summed E-state index contributed by atoms with van der Waals surface area (Å²) in [6.45, 7) is 0. The van der Waals surface area contributed by atoms with E-state index >= 15 is 0 Å². The molecule has 4 rings (SSSR count). The van der Waals surface area contributed by atoms with Gasteiger partial charge < -0.3 is 5.32 Å². The first-order chi connectivity index (χ1) is 12.0. The Morgan fingerprint density at radius 2 is 1.84 bits per heavy atom. The van der Waals surface area contributed by atoms with Crippen molar-refractivity contribution in [1.82, 2.24) is 5.32 Å². The highest BCUT2D eigenvalue weighted by Gasteiger charge is 2.52. The molecule has 3 saturated carbocycles. The summed E-state index contributed by atoms with van der Waals surface area (Å²) in [6, 6.07) is 1.84. The SMILES string of the molecule is O=C(NC(c1c(F)ccc(Cl)c1F)C12CCC(CC1)C2)C1CCCC1. The molecule has 1 aromatic carbocycles. The van der Waals surface area contributed by atoms with Crippen molar-refractivity contribution in [1.29, 1.82) is 0 Å². The maximum Gasteiger partial charge on any atom is 0.223 e. The Balaban J connectivity index is 1.72. The van der Waals surface area contributed by atoms with Gasteiger partial charge in [-0.1, -0.05) is 24.4 Å². The van der Waals surface area contributed by atoms with Crippen LogP contribution in [0.1, 0.15) is 69.4 Å². The van der Waals surface area contributed by atoms with Crippen LogP contribution in [0.3, 0.4) is 0 Å². The minimum absolute atomic E-state index is 0.0252. The standard InChI is InChI=1S/C20H24ClF2NO/c21-14-5-6-15(22)16(17(14)23)18(20-9-7-12(11-20)8-10-20)24-19(25)13-3-1-2-4-13/h5-6,12-13,18H,1-4,7-11H2,(H,24,25). The molecule has 5 heteroatoms. The highest BCUT2D eigenvalue weighted by atomic mass is 35.5. The molecular formula is C20H24ClF2NO. The number of carbonyl (C=O) groups is 1. The van der Waals surface area contributed by atoms with Crippen molar-refractivity contribution in [2.24, 2.45) is 17.3 Å². The van der Waals surface area contributed by atoms with E-state index in [-0.39, 0.29) is 27.8 Å². The van der Waals surface area contributed by atoms with E-state index in [2.05, 4.69) is 5.32 Å². The van der Waals surface area contributed by atoms with Gasteiger partial charge in [-0.15, -0.1) is 0 Å². The Morgan fingerprint density at radius 1 is 1.16 bits per heavy atom. The summed E-state index contributed by atoms with van der Waals surface area (Å²) in [4.78, 5) is 12.8. The molecule has 1 atom stereocenters. The third-order valence-corrected chi connectivity index (χ3v) is 7.08. The van der Waals surface area contributed by atoms with E-state index in [0.29, 0.717) is 5.92 Å². The molecule has 1 unspecified atom stereocenters. The molecule has 3 fully saturated rings. The molecule has 0 spiro atoms. The van der Waals surface area contributed by atoms with Crippen LogP contribution in [0.15, 0.2) is 12.1 Å². The smallest absolute Gasteiger partial charge is 0.223 e. The fourth-order valence-electron chi connectivity index (χ4n) is 5.43. The first kappa shape index (κ1) is 17.3. The van der Waals surface area contributed by atoms with Gasteiger partial charge in [0.05, 0.1) is 11.1 Å². The van der Waals surface area contributed by atoms with Crippen LogP contribution in [-0.4, -0.2) is 5.91 Å². The van der Waals surface area contributed by atoms with Gasteiger partial charge in [-0.05, 0) is 68.4 Å². The Hall–Kier alpha value is -1.16. The Morgan fingerprint density at radius 3 is 2.44 bits per heavy atom. The molecule has 2 bridgehead atoms. The second-order valence-corrected chi connectivity index (χ2v) is 8.60. The number of hydrogen-bond donors (Lipinski definition) is 1. The van der Waals surface area contributed by atoms with Crippen LogP contribution in [0.2, 0.25) is 5.02 Å². The number of benzene rings is 1. The Labute approximate surface area is 152 Å². The van der Waals surface area contributed by atoms with E-state index in [9.17, 15) is 13.6 Å². The van der Waals surface area contributed by atoms with Crippen molar-refractivity contribution in [3.63, 3.8) is 0 Å². The highest BCUT2D eigenvalue weighted by Crippen LogP contribution is 2.60. The monoisotopic (exact) mass is 367 g/mol. The summed E-state index contributed by atoms with van der Waals surface area (Å²) in [6.07, 6.45) is 8.78. The molecular weight excluding hydrogens is 344 g/mol. The normalized spacial score (nSPS) is 30.0. The molecule has 1 N–H and O–H groups in total. The van der Waals surface area contributed by atoms with Crippen molar-refractivity contribution < 1.29 is 13.6 Å². The average molecular weight is 368 g/mol. The zero-order valence-electron chi connectivity index (χ0n) is 14.3. The molecule has 136 valence electrons. The lowest BCUT2D eigenvalue weighted by molar-refractivity contribution is -0.126. The van der Waals surface area contributed by atoms with Gasteiger partial charge in [0.25, 0.3) is 0 Å². The van der Waals surface area contributed by atoms with Crippen molar-refractivity contribution in [3.8, 4) is 0 Å². The number of carbonyl (C=O) groups excluding carboxylic acids is 1. The number of halogens is 3. The van der Waals surface area contributed by atoms with Gasteiger partial charge in [0.1, 0.15) is 11.6 Å². The molecule has 3 aliphatic carbocycles. The zero-order valence-corrected chi connectivity index (χ0v) is 15.0. The van der Waals surface area contributed by atoms with Crippen molar-refractivity contribution in [3.05, 3.63) is 34.4 Å². The third kappa shape index (κ3) is 2.97. The molecule has 3 aliphatic rings. The quantitative estimate of drug-likeness (QED) is 0.695. The predicted octanol–water partition coefficient (Wildman–Crippen LogP) is 5.55. The number of fused-ring (bicyclic) bond motifs is 2. The number of amides is 1. The average Bonchev–Trinajstić information content (AvgIpc) is 3.34. The van der Waals surface area contributed by atoms with Gasteiger partial charge in [-0.3, -0.25) is 4.79 Å². The van der Waals surface area contributed by atoms with Crippen LogP contribution in [0.4, 0.5) is 8.78 Å². The minimum Gasteiger partial charge on any atom is -0.348 e. The summed E-state index contributed by atoms with van der Waals surface area (Å²) < 4.78 is 29.4. The molecule has 1 aromatic rings. The van der Waals surface area contributed by atoms with Crippen molar-refractivity contribution in [2.45, 2.75) is 63.8 Å². The van der Waals surface area contributed by atoms with Gasteiger partial charge in [0.15, 0.2) is 0 Å². The van der Waals surface area contributed by atoms with Crippen LogP contribution in [0.5, 0.6) is 0 Å². The van der Waals surface area contributed by atoms with E-state index in [0.717, 1.165) is 57.8 Å². The highest BCUT2D eigenvalue weighted by molar-refractivity contribution is 6.30. The van der Waals surface area contributed by atoms with Gasteiger partial charge in [-0.25, -0.2) is 8.78 Å². The first-order valence-electron chi connectivity index (χ1n) is 9.44. The molecule has 2 nitrogen and oxygen atoms in total. The molecule has 0 aliphatic heterocycles. The summed E-state index contributed by atoms with van der Waals surface area (Å²) in [5, 5.41) is 2.98. The number of rotatable bonds is 4. The second kappa shape index (κ2) is 6.53. The lowest BCUT2D eigenvalue weighted by Crippen LogP contribution is -2.42. The van der Waals surface area contributed by atoms with E-state index < -0.39 is 17.7 Å². The lowest BCUT2D eigenvalue weighted by Gasteiger charge is -2.38. The van der Waals surface area contributed by atoms with Crippen LogP contribution >= 0.6 is 11.6 Å². The maximum atomic E-state index is 14.8. The van der Waals surface area contributed by atoms with Gasteiger partial charge in [0, 0.05) is 11.5 Å². The van der Waals surface area contributed by atoms with Crippen LogP contribution in [0, 0.1) is 28.9 Å². The van der Waals surface area contributed by atoms with Gasteiger partial charge in [0.2, 0.25) is 5.91 Å². The van der Waals surface area contributed by atoms with Crippen molar-refractivity contribution >= 4 is 17.5 Å². The Kier molecular flexibility index (Phi) is 4.51. The molecule has 25 heavy (non-hydrogen) atoms. The topological polar surface area (TPSA) is 29.1 Å². The van der Waals surface area contributed by atoms with Gasteiger partial charge >= 0.3 is 0 Å². The summed E-state index contributed by atoms with van der Waals surface area (Å²) in [7, 11) is 0. The number of hydrogen-bond acceptors (Lipinski definition) is 1. The van der Waals surface area contributed by atoms with E-state index in [1.165, 1.54) is 12.1 Å². The lowest BCUT2D eigenvalue weighted by atomic mass is 9.74. The largest absolute Gasteiger partial charge is 0.348 e. The second-order valence-electron chi connectivity index (χ2n) is 8.19. The minimum atomic E-state index is -0.719. The third-order valence-electron chi connectivity index (χ3n) is 6.79. The van der Waals surface area contributed by atoms with E-state index in [1.807, 2.05) is 0 Å². The number of nitrogens with one attached hydrogen (secondary N) is 1. The fourth-order valence-corrected chi connectivity index (χ4v) is 5.59.